The average molecular weight is 392 g/mol. The number of amides is 1. The van der Waals surface area contributed by atoms with E-state index >= 15 is 0 Å². The Hall–Kier alpha value is -2.28. The summed E-state index contributed by atoms with van der Waals surface area (Å²) in [5.74, 6) is 0.639. The molecule has 7 heteroatoms. The van der Waals surface area contributed by atoms with Crippen molar-refractivity contribution >= 4 is 11.9 Å². The molecular weight excluding hydrogens is 360 g/mol. The van der Waals surface area contributed by atoms with Gasteiger partial charge in [-0.05, 0) is 56.5 Å². The van der Waals surface area contributed by atoms with Crippen LogP contribution in [0.15, 0.2) is 18.2 Å². The Bertz CT molecular complexity index is 669. The Balaban J connectivity index is 1.88. The summed E-state index contributed by atoms with van der Waals surface area (Å²) < 4.78 is 10.0. The Kier molecular flexibility index (Phi) is 8.11. The molecule has 0 radical (unpaired) electrons. The first kappa shape index (κ1) is 22.0. The van der Waals surface area contributed by atoms with Gasteiger partial charge in [-0.3, -0.25) is 9.69 Å². The summed E-state index contributed by atoms with van der Waals surface area (Å²) in [5.41, 5.74) is 0.810. The quantitative estimate of drug-likeness (QED) is 0.660. The van der Waals surface area contributed by atoms with Crippen LogP contribution in [0, 0.1) is 11.8 Å². The first-order chi connectivity index (χ1) is 13.3. The lowest BCUT2D eigenvalue weighted by Crippen LogP contribution is -2.47. The number of esters is 1. The molecule has 0 bridgehead atoms. The van der Waals surface area contributed by atoms with Crippen molar-refractivity contribution in [3.63, 3.8) is 0 Å². The summed E-state index contributed by atoms with van der Waals surface area (Å²) in [7, 11) is 2.94. The molecule has 0 aromatic heterocycles. The second kappa shape index (κ2) is 10.3. The number of nitrogens with one attached hydrogen (secondary N) is 1. The molecule has 0 saturated carbocycles. The minimum Gasteiger partial charge on any atom is -0.508 e. The van der Waals surface area contributed by atoms with Crippen molar-refractivity contribution in [2.24, 2.45) is 11.8 Å². The number of nitrogens with zero attached hydrogens (tertiary/aromatic N) is 1. The number of carbonyl (C=O) groups is 2. The molecule has 7 nitrogen and oxygen atoms in total. The van der Waals surface area contributed by atoms with Gasteiger partial charge in [-0.25, -0.2) is 4.79 Å². The number of carbonyl (C=O) groups excluding carboxylic acids is 2. The number of benzene rings is 1. The standard InChI is InChI=1S/C21H32N2O5/c1-14(2)11-18(21(26)28-4)22-20(25)15-7-9-23(10-8-15)13-16-12-17(27-3)5-6-19(16)24/h5-6,12,14-15,18,24H,7-11,13H2,1-4H3,(H,22,25). The fourth-order valence-corrected chi connectivity index (χ4v) is 3.53. The minimum absolute atomic E-state index is 0.0834. The van der Waals surface area contributed by atoms with E-state index in [0.29, 0.717) is 31.6 Å². The lowest BCUT2D eigenvalue weighted by atomic mass is 9.94. The number of methoxy groups -OCH3 is 2. The zero-order valence-electron chi connectivity index (χ0n) is 17.2. The van der Waals surface area contributed by atoms with Gasteiger partial charge in [0.25, 0.3) is 0 Å². The Morgan fingerprint density at radius 1 is 1.25 bits per heavy atom. The van der Waals surface area contributed by atoms with Crippen LogP contribution in [-0.2, 0) is 20.9 Å². The van der Waals surface area contributed by atoms with E-state index in [1.54, 1.807) is 19.2 Å². The van der Waals surface area contributed by atoms with Gasteiger partial charge in [-0.1, -0.05) is 13.8 Å². The monoisotopic (exact) mass is 392 g/mol. The molecule has 1 saturated heterocycles. The maximum Gasteiger partial charge on any atom is 0.328 e. The molecule has 2 rings (SSSR count). The van der Waals surface area contributed by atoms with Gasteiger partial charge in [0.1, 0.15) is 17.5 Å². The Morgan fingerprint density at radius 3 is 2.50 bits per heavy atom. The molecule has 0 aliphatic carbocycles. The van der Waals surface area contributed by atoms with Gasteiger partial charge in [0.05, 0.1) is 14.2 Å². The van der Waals surface area contributed by atoms with E-state index in [2.05, 4.69) is 10.2 Å². The van der Waals surface area contributed by atoms with Crippen molar-refractivity contribution < 1.29 is 24.2 Å². The second-order valence-electron chi connectivity index (χ2n) is 7.76. The molecule has 1 amide bonds. The van der Waals surface area contributed by atoms with Crippen molar-refractivity contribution in [3.8, 4) is 11.5 Å². The Morgan fingerprint density at radius 2 is 1.93 bits per heavy atom. The molecule has 1 atom stereocenters. The average Bonchev–Trinajstić information content (AvgIpc) is 2.68. The van der Waals surface area contributed by atoms with Crippen LogP contribution in [0.25, 0.3) is 0 Å². The summed E-state index contributed by atoms with van der Waals surface area (Å²) in [6, 6.07) is 4.60. The highest BCUT2D eigenvalue weighted by molar-refractivity contribution is 5.85. The van der Waals surface area contributed by atoms with Gasteiger partial charge in [0.2, 0.25) is 5.91 Å². The van der Waals surface area contributed by atoms with Crippen LogP contribution in [-0.4, -0.2) is 55.2 Å². The summed E-state index contributed by atoms with van der Waals surface area (Å²) in [5, 5.41) is 12.9. The Labute approximate surface area is 167 Å². The number of likely N-dealkylation sites (tertiary alicyclic amines) is 1. The number of aromatic hydroxyl groups is 1. The van der Waals surface area contributed by atoms with E-state index in [1.165, 1.54) is 7.11 Å². The van der Waals surface area contributed by atoms with Crippen molar-refractivity contribution in [1.29, 1.82) is 0 Å². The van der Waals surface area contributed by atoms with Crippen LogP contribution in [0.5, 0.6) is 11.5 Å². The topological polar surface area (TPSA) is 88.1 Å². The van der Waals surface area contributed by atoms with Gasteiger partial charge < -0.3 is 19.9 Å². The molecule has 1 aliphatic heterocycles. The van der Waals surface area contributed by atoms with E-state index in [-0.39, 0.29) is 23.5 Å². The van der Waals surface area contributed by atoms with E-state index in [9.17, 15) is 14.7 Å². The largest absolute Gasteiger partial charge is 0.508 e. The molecular formula is C21H32N2O5. The molecule has 1 unspecified atom stereocenters. The molecule has 28 heavy (non-hydrogen) atoms. The number of phenolic OH excluding ortho intramolecular Hbond substituents is 1. The molecule has 1 aromatic carbocycles. The molecule has 0 spiro atoms. The van der Waals surface area contributed by atoms with E-state index in [1.807, 2.05) is 19.9 Å². The number of rotatable bonds is 8. The van der Waals surface area contributed by atoms with Crippen molar-refractivity contribution in [2.75, 3.05) is 27.3 Å². The van der Waals surface area contributed by atoms with E-state index in [0.717, 1.165) is 18.7 Å². The highest BCUT2D eigenvalue weighted by Gasteiger charge is 2.29. The first-order valence-corrected chi connectivity index (χ1v) is 9.80. The van der Waals surface area contributed by atoms with Crippen LogP contribution in [0.1, 0.15) is 38.7 Å². The second-order valence-corrected chi connectivity index (χ2v) is 7.76. The first-order valence-electron chi connectivity index (χ1n) is 9.80. The van der Waals surface area contributed by atoms with Crippen LogP contribution in [0.3, 0.4) is 0 Å². The molecule has 2 N–H and O–H groups in total. The van der Waals surface area contributed by atoms with Crippen molar-refractivity contribution in [2.45, 2.75) is 45.7 Å². The molecule has 1 heterocycles. The highest BCUT2D eigenvalue weighted by Crippen LogP contribution is 2.26. The predicted octanol–water partition coefficient (Wildman–Crippen LogP) is 2.32. The summed E-state index contributed by atoms with van der Waals surface area (Å²) in [6.07, 6.45) is 1.99. The number of ether oxygens (including phenoxy) is 2. The number of hydrogen-bond acceptors (Lipinski definition) is 6. The fourth-order valence-electron chi connectivity index (χ4n) is 3.53. The third kappa shape index (κ3) is 6.12. The fraction of sp³-hybridized carbons (Fsp3) is 0.619. The third-order valence-electron chi connectivity index (χ3n) is 5.15. The van der Waals surface area contributed by atoms with Crippen LogP contribution >= 0.6 is 0 Å². The lowest BCUT2D eigenvalue weighted by Gasteiger charge is -2.32. The van der Waals surface area contributed by atoms with Gasteiger partial charge >= 0.3 is 5.97 Å². The van der Waals surface area contributed by atoms with Gasteiger partial charge in [0.15, 0.2) is 0 Å². The summed E-state index contributed by atoms with van der Waals surface area (Å²) in [6.45, 7) is 6.13. The predicted molar refractivity (Wildman–Crippen MR) is 106 cm³/mol. The minimum atomic E-state index is -0.593. The highest BCUT2D eigenvalue weighted by atomic mass is 16.5. The summed E-state index contributed by atoms with van der Waals surface area (Å²) in [4.78, 5) is 26.8. The number of phenols is 1. The van der Waals surface area contributed by atoms with E-state index in [4.69, 9.17) is 9.47 Å². The number of piperidine rings is 1. The maximum atomic E-state index is 12.6. The van der Waals surface area contributed by atoms with E-state index < -0.39 is 12.0 Å². The normalized spacial score (nSPS) is 16.6. The SMILES string of the molecule is COC(=O)C(CC(C)C)NC(=O)C1CCN(Cc2cc(OC)ccc2O)CC1. The van der Waals surface area contributed by atoms with Crippen molar-refractivity contribution in [3.05, 3.63) is 23.8 Å². The lowest BCUT2D eigenvalue weighted by molar-refractivity contribution is -0.146. The van der Waals surface area contributed by atoms with Crippen molar-refractivity contribution in [1.82, 2.24) is 10.2 Å². The number of hydrogen-bond donors (Lipinski definition) is 2. The van der Waals surface area contributed by atoms with Gasteiger partial charge in [-0.2, -0.15) is 0 Å². The van der Waals surface area contributed by atoms with Crippen LogP contribution in [0.4, 0.5) is 0 Å². The zero-order valence-corrected chi connectivity index (χ0v) is 17.2. The molecule has 1 aromatic rings. The molecule has 156 valence electrons. The smallest absolute Gasteiger partial charge is 0.328 e. The third-order valence-corrected chi connectivity index (χ3v) is 5.15. The van der Waals surface area contributed by atoms with Crippen LogP contribution < -0.4 is 10.1 Å². The van der Waals surface area contributed by atoms with Gasteiger partial charge in [0, 0.05) is 18.0 Å². The maximum absolute atomic E-state index is 12.6. The summed E-state index contributed by atoms with van der Waals surface area (Å²) >= 11 is 0. The molecule has 1 fully saturated rings. The molecule has 1 aliphatic rings. The van der Waals surface area contributed by atoms with Gasteiger partial charge in [-0.15, -0.1) is 0 Å². The zero-order chi connectivity index (χ0) is 20.7. The van der Waals surface area contributed by atoms with Crippen LogP contribution in [0.2, 0.25) is 0 Å².